The van der Waals surface area contributed by atoms with Gasteiger partial charge in [0.1, 0.15) is 11.6 Å². The molecule has 2 aromatic rings. The van der Waals surface area contributed by atoms with E-state index in [4.69, 9.17) is 15.2 Å². The smallest absolute Gasteiger partial charge is 0.262 e. The number of benzene rings is 1. The second-order valence-electron chi connectivity index (χ2n) is 7.01. The molecule has 10 nitrogen and oxygen atoms in total. The van der Waals surface area contributed by atoms with Gasteiger partial charge in [-0.05, 0) is 30.7 Å². The summed E-state index contributed by atoms with van der Waals surface area (Å²) in [5, 5.41) is 2.13. The van der Waals surface area contributed by atoms with E-state index in [9.17, 15) is 19.2 Å². The third-order valence-electron chi connectivity index (χ3n) is 5.09. The predicted molar refractivity (Wildman–Crippen MR) is 106 cm³/mol. The number of nitrogens with two attached hydrogens (primary N) is 1. The third kappa shape index (κ3) is 3.41. The molecule has 0 unspecified atom stereocenters. The summed E-state index contributed by atoms with van der Waals surface area (Å²) in [6, 6.07) is 5.99. The Balaban J connectivity index is 1.58. The molecule has 2 aliphatic rings. The lowest BCUT2D eigenvalue weighted by molar-refractivity contribution is -0.137. The van der Waals surface area contributed by atoms with Gasteiger partial charge >= 0.3 is 0 Å². The van der Waals surface area contributed by atoms with Crippen molar-refractivity contribution in [2.75, 3.05) is 38.6 Å². The Kier molecular flexibility index (Phi) is 5.00. The number of aryl methyl sites for hydroxylation is 1. The second kappa shape index (κ2) is 7.64. The number of hydrogen-bond donors (Lipinski definition) is 2. The number of carbonyl (C=O) groups is 3. The van der Waals surface area contributed by atoms with Crippen molar-refractivity contribution in [3.8, 4) is 11.4 Å². The minimum Gasteiger partial charge on any atom is -0.484 e. The van der Waals surface area contributed by atoms with E-state index in [2.05, 4.69) is 5.32 Å². The summed E-state index contributed by atoms with van der Waals surface area (Å²) in [7, 11) is 0. The van der Waals surface area contributed by atoms with Crippen LogP contribution in [0.5, 0.6) is 5.75 Å². The van der Waals surface area contributed by atoms with Crippen molar-refractivity contribution in [3.05, 3.63) is 51.3 Å². The van der Waals surface area contributed by atoms with Crippen LogP contribution in [0.15, 0.2) is 29.1 Å². The number of nitrogen functional groups attached to an aromatic ring is 1. The van der Waals surface area contributed by atoms with Gasteiger partial charge in [0.15, 0.2) is 6.61 Å². The Labute approximate surface area is 171 Å². The standard InChI is InChI=1S/C20H20N4O6/c1-11-8-12(30-10-16(26)23-4-6-29-7-5-23)2-3-14(11)24-15(25)9-13-17(18(24)21)20(28)22-19(13)27/h2-3,8-9H,4-7,10,21H2,1H3,(H,22,27,28). The number of morpholine rings is 1. The maximum atomic E-state index is 12.6. The molecule has 2 aliphatic heterocycles. The molecule has 4 rings (SSSR count). The van der Waals surface area contributed by atoms with Crippen molar-refractivity contribution < 1.29 is 23.9 Å². The highest BCUT2D eigenvalue weighted by Crippen LogP contribution is 2.26. The monoisotopic (exact) mass is 412 g/mol. The summed E-state index contributed by atoms with van der Waals surface area (Å²) < 4.78 is 12.0. The fourth-order valence-corrected chi connectivity index (χ4v) is 3.55. The summed E-state index contributed by atoms with van der Waals surface area (Å²) in [4.78, 5) is 50.3. The number of pyridine rings is 1. The van der Waals surface area contributed by atoms with Crippen molar-refractivity contribution in [2.45, 2.75) is 6.92 Å². The number of hydrogen-bond acceptors (Lipinski definition) is 7. The molecule has 30 heavy (non-hydrogen) atoms. The van der Waals surface area contributed by atoms with Crippen LogP contribution in [0, 0.1) is 6.92 Å². The molecule has 0 radical (unpaired) electrons. The molecule has 1 aromatic carbocycles. The lowest BCUT2D eigenvalue weighted by Crippen LogP contribution is -2.42. The molecule has 3 amide bonds. The van der Waals surface area contributed by atoms with Crippen molar-refractivity contribution in [1.29, 1.82) is 0 Å². The summed E-state index contributed by atoms with van der Waals surface area (Å²) in [5.74, 6) is -1.06. The molecule has 1 aromatic heterocycles. The lowest BCUT2D eigenvalue weighted by atomic mass is 10.1. The van der Waals surface area contributed by atoms with Crippen molar-refractivity contribution in [2.24, 2.45) is 0 Å². The number of ether oxygens (including phenoxy) is 2. The zero-order chi connectivity index (χ0) is 21.4. The van der Waals surface area contributed by atoms with Crippen molar-refractivity contribution in [3.63, 3.8) is 0 Å². The van der Waals surface area contributed by atoms with Gasteiger partial charge in [0.2, 0.25) is 0 Å². The first-order valence-corrected chi connectivity index (χ1v) is 9.37. The highest BCUT2D eigenvalue weighted by Gasteiger charge is 2.32. The van der Waals surface area contributed by atoms with Crippen LogP contribution in [-0.4, -0.2) is 60.1 Å². The molecule has 0 spiro atoms. The number of nitrogens with one attached hydrogen (secondary N) is 1. The fourth-order valence-electron chi connectivity index (χ4n) is 3.55. The molecule has 156 valence electrons. The Morgan fingerprint density at radius 1 is 1.17 bits per heavy atom. The first-order valence-electron chi connectivity index (χ1n) is 9.37. The highest BCUT2D eigenvalue weighted by molar-refractivity contribution is 6.23. The SMILES string of the molecule is Cc1cc(OCC(=O)N2CCOCC2)ccc1-n1c(N)c2c(cc1=O)C(=O)NC2=O. The Morgan fingerprint density at radius 2 is 1.90 bits per heavy atom. The first kappa shape index (κ1) is 19.6. The number of imide groups is 1. The lowest BCUT2D eigenvalue weighted by Gasteiger charge is -2.26. The number of amides is 3. The first-order chi connectivity index (χ1) is 14.4. The van der Waals surface area contributed by atoms with Gasteiger partial charge in [-0.15, -0.1) is 0 Å². The predicted octanol–water partition coefficient (Wildman–Crippen LogP) is -0.151. The number of fused-ring (bicyclic) bond motifs is 1. The maximum Gasteiger partial charge on any atom is 0.262 e. The average molecular weight is 412 g/mol. The summed E-state index contributed by atoms with van der Waals surface area (Å²) >= 11 is 0. The number of aromatic nitrogens is 1. The molecule has 1 fully saturated rings. The molecule has 3 heterocycles. The zero-order valence-corrected chi connectivity index (χ0v) is 16.3. The second-order valence-corrected chi connectivity index (χ2v) is 7.01. The Hall–Kier alpha value is -3.66. The normalized spacial score (nSPS) is 15.7. The van der Waals surface area contributed by atoms with Crippen LogP contribution in [0.25, 0.3) is 5.69 Å². The average Bonchev–Trinajstić information content (AvgIpc) is 3.01. The van der Waals surface area contributed by atoms with Crippen LogP contribution in [0.2, 0.25) is 0 Å². The topological polar surface area (TPSA) is 133 Å². The highest BCUT2D eigenvalue weighted by atomic mass is 16.5. The van der Waals surface area contributed by atoms with Gasteiger partial charge in [-0.25, -0.2) is 0 Å². The minimum absolute atomic E-state index is 0.0181. The minimum atomic E-state index is -0.642. The molecular formula is C20H20N4O6. The van der Waals surface area contributed by atoms with E-state index >= 15 is 0 Å². The molecule has 0 bridgehead atoms. The van der Waals surface area contributed by atoms with E-state index in [1.165, 1.54) is 4.57 Å². The van der Waals surface area contributed by atoms with Crippen molar-refractivity contribution in [1.82, 2.24) is 14.8 Å². The van der Waals surface area contributed by atoms with Gasteiger partial charge in [-0.3, -0.25) is 29.1 Å². The van der Waals surface area contributed by atoms with Crippen LogP contribution in [-0.2, 0) is 9.53 Å². The van der Waals surface area contributed by atoms with E-state index < -0.39 is 17.4 Å². The van der Waals surface area contributed by atoms with E-state index in [1.54, 1.807) is 30.0 Å². The zero-order valence-electron chi connectivity index (χ0n) is 16.3. The third-order valence-corrected chi connectivity index (χ3v) is 5.09. The molecule has 0 saturated carbocycles. The van der Waals surface area contributed by atoms with Gasteiger partial charge in [-0.2, -0.15) is 0 Å². The number of anilines is 1. The van der Waals surface area contributed by atoms with E-state index in [-0.39, 0.29) is 29.5 Å². The summed E-state index contributed by atoms with van der Waals surface area (Å²) in [6.45, 7) is 3.74. The van der Waals surface area contributed by atoms with E-state index in [0.29, 0.717) is 43.3 Å². The molecular weight excluding hydrogens is 392 g/mol. The van der Waals surface area contributed by atoms with Crippen LogP contribution < -0.4 is 21.3 Å². The number of rotatable bonds is 4. The quantitative estimate of drug-likeness (QED) is 0.667. The fraction of sp³-hybridized carbons (Fsp3) is 0.300. The van der Waals surface area contributed by atoms with Crippen molar-refractivity contribution >= 4 is 23.5 Å². The summed E-state index contributed by atoms with van der Waals surface area (Å²) in [5.41, 5.74) is 6.57. The molecule has 1 saturated heterocycles. The molecule has 3 N–H and O–H groups in total. The summed E-state index contributed by atoms with van der Waals surface area (Å²) in [6.07, 6.45) is 0. The maximum absolute atomic E-state index is 12.6. The van der Waals surface area contributed by atoms with Crippen LogP contribution in [0.1, 0.15) is 26.3 Å². The van der Waals surface area contributed by atoms with E-state index in [1.807, 2.05) is 0 Å². The van der Waals surface area contributed by atoms with Gasteiger partial charge in [0, 0.05) is 19.2 Å². The molecule has 0 aliphatic carbocycles. The van der Waals surface area contributed by atoms with Crippen LogP contribution >= 0.6 is 0 Å². The van der Waals surface area contributed by atoms with Gasteiger partial charge in [0.25, 0.3) is 23.3 Å². The van der Waals surface area contributed by atoms with Gasteiger partial charge in [0.05, 0.1) is 30.0 Å². The molecule has 10 heteroatoms. The van der Waals surface area contributed by atoms with Gasteiger partial charge in [-0.1, -0.05) is 0 Å². The van der Waals surface area contributed by atoms with Crippen LogP contribution in [0.4, 0.5) is 5.82 Å². The largest absolute Gasteiger partial charge is 0.484 e. The van der Waals surface area contributed by atoms with Gasteiger partial charge < -0.3 is 20.1 Å². The van der Waals surface area contributed by atoms with Crippen LogP contribution in [0.3, 0.4) is 0 Å². The Bertz CT molecular complexity index is 1120. The van der Waals surface area contributed by atoms with E-state index in [0.717, 1.165) is 6.07 Å². The number of carbonyl (C=O) groups excluding carboxylic acids is 3. The Morgan fingerprint density at radius 3 is 2.60 bits per heavy atom. The number of nitrogens with zero attached hydrogens (tertiary/aromatic N) is 2. The molecule has 0 atom stereocenters.